The molecule has 0 unspecified atom stereocenters. The van der Waals surface area contributed by atoms with E-state index in [1.54, 1.807) is 11.3 Å². The van der Waals surface area contributed by atoms with E-state index in [1.165, 1.54) is 22.2 Å². The van der Waals surface area contributed by atoms with Gasteiger partial charge in [-0.2, -0.15) is 0 Å². The summed E-state index contributed by atoms with van der Waals surface area (Å²) in [6.45, 7) is -0.196. The predicted octanol–water partition coefficient (Wildman–Crippen LogP) is 4.68. The molecule has 8 heteroatoms. The van der Waals surface area contributed by atoms with Crippen LogP contribution in [0.3, 0.4) is 0 Å². The van der Waals surface area contributed by atoms with Crippen LogP contribution in [-0.2, 0) is 22.7 Å². The number of hydrogen-bond donors (Lipinski definition) is 0. The fraction of sp³-hybridized carbons (Fsp3) is 0.0952. The van der Waals surface area contributed by atoms with Gasteiger partial charge in [-0.25, -0.2) is 4.98 Å². The normalized spacial score (nSPS) is 11.3. The third-order valence-corrected chi connectivity index (χ3v) is 6.29. The van der Waals surface area contributed by atoms with Crippen molar-refractivity contribution < 1.29 is 13.9 Å². The molecule has 0 saturated carbocycles. The second-order valence-corrected chi connectivity index (χ2v) is 8.20. The van der Waals surface area contributed by atoms with E-state index in [4.69, 9.17) is 9.15 Å². The molecule has 0 aliphatic heterocycles. The van der Waals surface area contributed by atoms with Gasteiger partial charge in [-0.1, -0.05) is 24.3 Å². The second kappa shape index (κ2) is 7.31. The van der Waals surface area contributed by atoms with E-state index in [9.17, 15) is 9.59 Å². The van der Waals surface area contributed by atoms with Crippen molar-refractivity contribution in [2.24, 2.45) is 0 Å². The van der Waals surface area contributed by atoms with Crippen LogP contribution in [-0.4, -0.2) is 15.5 Å². The summed E-state index contributed by atoms with van der Waals surface area (Å²) in [4.78, 5) is 31.2. The summed E-state index contributed by atoms with van der Waals surface area (Å²) in [5.41, 5.74) is 1.34. The number of carbonyl (C=O) groups is 1. The molecule has 1 aromatic carbocycles. The molecular formula is C21H14N2O4S2. The van der Waals surface area contributed by atoms with Gasteiger partial charge in [0.05, 0.1) is 11.7 Å². The first-order chi connectivity index (χ1) is 14.2. The highest BCUT2D eigenvalue weighted by atomic mass is 32.1. The molecule has 0 radical (unpaired) electrons. The average molecular weight is 422 g/mol. The SMILES string of the molecule is O=C(Cn1cnc2scc(-c3cccs3)c2c1=O)OCc1cc2ccccc2o1. The van der Waals surface area contributed by atoms with Gasteiger partial charge in [0.2, 0.25) is 0 Å². The number of hydrogen-bond acceptors (Lipinski definition) is 7. The van der Waals surface area contributed by atoms with Gasteiger partial charge in [-0.15, -0.1) is 22.7 Å². The summed E-state index contributed by atoms with van der Waals surface area (Å²) in [5, 5.41) is 5.37. The number of furan rings is 1. The third kappa shape index (κ3) is 3.37. The molecule has 6 nitrogen and oxygen atoms in total. The maximum absolute atomic E-state index is 12.9. The Morgan fingerprint density at radius 2 is 2.07 bits per heavy atom. The van der Waals surface area contributed by atoms with Crippen LogP contribution in [0.2, 0.25) is 0 Å². The molecule has 0 N–H and O–H groups in total. The lowest BCUT2D eigenvalue weighted by atomic mass is 10.2. The predicted molar refractivity (Wildman–Crippen MR) is 113 cm³/mol. The summed E-state index contributed by atoms with van der Waals surface area (Å²) < 4.78 is 12.2. The highest BCUT2D eigenvalue weighted by molar-refractivity contribution is 7.18. The smallest absolute Gasteiger partial charge is 0.326 e. The average Bonchev–Trinajstić information content (AvgIpc) is 3.47. The van der Waals surface area contributed by atoms with E-state index < -0.39 is 5.97 Å². The summed E-state index contributed by atoms with van der Waals surface area (Å²) >= 11 is 2.98. The third-order valence-electron chi connectivity index (χ3n) is 4.50. The molecule has 0 fully saturated rings. The highest BCUT2D eigenvalue weighted by Gasteiger charge is 2.16. The summed E-state index contributed by atoms with van der Waals surface area (Å²) in [6, 6.07) is 13.3. The molecule has 5 rings (SSSR count). The number of benzene rings is 1. The first kappa shape index (κ1) is 17.8. The van der Waals surface area contributed by atoms with Gasteiger partial charge in [0, 0.05) is 21.2 Å². The number of rotatable bonds is 5. The fourth-order valence-corrected chi connectivity index (χ4v) is 4.86. The molecule has 5 aromatic rings. The monoisotopic (exact) mass is 422 g/mol. The van der Waals surface area contributed by atoms with Crippen LogP contribution in [0.4, 0.5) is 0 Å². The molecule has 0 aliphatic rings. The van der Waals surface area contributed by atoms with Crippen molar-refractivity contribution in [1.29, 1.82) is 0 Å². The lowest BCUT2D eigenvalue weighted by molar-refractivity contribution is -0.146. The zero-order valence-corrected chi connectivity index (χ0v) is 16.7. The number of esters is 1. The number of nitrogens with zero attached hydrogens (tertiary/aromatic N) is 2. The Bertz CT molecular complexity index is 1350. The summed E-state index contributed by atoms with van der Waals surface area (Å²) in [5.74, 6) is 0.0277. The van der Waals surface area contributed by atoms with Gasteiger partial charge in [-0.05, 0) is 23.6 Å². The first-order valence-electron chi connectivity index (χ1n) is 8.82. The van der Waals surface area contributed by atoms with Crippen molar-refractivity contribution in [1.82, 2.24) is 9.55 Å². The van der Waals surface area contributed by atoms with Crippen molar-refractivity contribution >= 4 is 49.8 Å². The second-order valence-electron chi connectivity index (χ2n) is 6.40. The minimum atomic E-state index is -0.526. The quantitative estimate of drug-likeness (QED) is 0.385. The van der Waals surface area contributed by atoms with Crippen molar-refractivity contribution in [3.8, 4) is 10.4 Å². The van der Waals surface area contributed by atoms with E-state index in [2.05, 4.69) is 4.98 Å². The van der Waals surface area contributed by atoms with Crippen LogP contribution in [0, 0.1) is 0 Å². The molecule has 29 heavy (non-hydrogen) atoms. The van der Waals surface area contributed by atoms with Crippen molar-refractivity contribution in [2.45, 2.75) is 13.2 Å². The Morgan fingerprint density at radius 1 is 1.17 bits per heavy atom. The molecular weight excluding hydrogens is 408 g/mol. The van der Waals surface area contributed by atoms with Crippen molar-refractivity contribution in [3.63, 3.8) is 0 Å². The Morgan fingerprint density at radius 3 is 2.90 bits per heavy atom. The number of aromatic nitrogens is 2. The van der Waals surface area contributed by atoms with Crippen molar-refractivity contribution in [2.75, 3.05) is 0 Å². The van der Waals surface area contributed by atoms with Gasteiger partial charge in [0.25, 0.3) is 5.56 Å². The Balaban J connectivity index is 1.35. The van der Waals surface area contributed by atoms with Crippen molar-refractivity contribution in [3.05, 3.63) is 75.7 Å². The molecule has 0 amide bonds. The van der Waals surface area contributed by atoms with Crippen LogP contribution in [0.25, 0.3) is 31.6 Å². The van der Waals surface area contributed by atoms with Gasteiger partial charge >= 0.3 is 5.97 Å². The van der Waals surface area contributed by atoms with Crippen LogP contribution in [0.5, 0.6) is 0 Å². The highest BCUT2D eigenvalue weighted by Crippen LogP contribution is 2.33. The molecule has 4 aromatic heterocycles. The van der Waals surface area contributed by atoms with E-state index in [1.807, 2.05) is 53.2 Å². The van der Waals surface area contributed by atoms with Crippen LogP contribution in [0.1, 0.15) is 5.76 Å². The molecule has 144 valence electrons. The van der Waals surface area contributed by atoms with E-state index in [0.29, 0.717) is 16.0 Å². The Labute approximate surface area is 172 Å². The molecule has 4 heterocycles. The standard InChI is InChI=1S/C21H14N2O4S2/c24-18(26-10-14-8-13-4-1-2-5-16(13)27-14)9-23-12-22-20-19(21(23)25)15(11-29-20)17-6-3-7-28-17/h1-8,11-12H,9-10H2. The maximum atomic E-state index is 12.9. The van der Waals surface area contributed by atoms with Gasteiger partial charge in [-0.3, -0.25) is 14.2 Å². The minimum Gasteiger partial charge on any atom is -0.457 e. The van der Waals surface area contributed by atoms with Gasteiger partial charge in [0.1, 0.15) is 29.3 Å². The molecule has 0 aliphatic carbocycles. The fourth-order valence-electron chi connectivity index (χ4n) is 3.14. The number of ether oxygens (including phenoxy) is 1. The number of para-hydroxylation sites is 1. The van der Waals surface area contributed by atoms with Gasteiger partial charge in [0.15, 0.2) is 0 Å². The minimum absolute atomic E-state index is 0.0107. The maximum Gasteiger partial charge on any atom is 0.326 e. The van der Waals surface area contributed by atoms with E-state index in [0.717, 1.165) is 21.4 Å². The zero-order chi connectivity index (χ0) is 19.8. The van der Waals surface area contributed by atoms with E-state index >= 15 is 0 Å². The Hall–Kier alpha value is -3.23. The summed E-state index contributed by atoms with van der Waals surface area (Å²) in [7, 11) is 0. The first-order valence-corrected chi connectivity index (χ1v) is 10.6. The van der Waals surface area contributed by atoms with Crippen LogP contribution < -0.4 is 5.56 Å². The van der Waals surface area contributed by atoms with Gasteiger partial charge < -0.3 is 9.15 Å². The number of fused-ring (bicyclic) bond motifs is 2. The lowest BCUT2D eigenvalue weighted by Gasteiger charge is -2.06. The van der Waals surface area contributed by atoms with Crippen LogP contribution in [0.15, 0.2) is 68.8 Å². The largest absolute Gasteiger partial charge is 0.457 e. The summed E-state index contributed by atoms with van der Waals surface area (Å²) in [6.07, 6.45) is 1.39. The number of carbonyl (C=O) groups excluding carboxylic acids is 1. The molecule has 0 atom stereocenters. The molecule has 0 spiro atoms. The topological polar surface area (TPSA) is 74.3 Å². The molecule has 0 bridgehead atoms. The van der Waals surface area contributed by atoms with E-state index in [-0.39, 0.29) is 18.7 Å². The number of thiophene rings is 2. The van der Waals surface area contributed by atoms with Crippen LogP contribution >= 0.6 is 22.7 Å². The lowest BCUT2D eigenvalue weighted by Crippen LogP contribution is -2.25. The zero-order valence-electron chi connectivity index (χ0n) is 15.0. The molecule has 0 saturated heterocycles. The Kier molecular flexibility index (Phi) is 4.49.